The monoisotopic (exact) mass is 326 g/mol. The van der Waals surface area contributed by atoms with Gasteiger partial charge in [0.25, 0.3) is 0 Å². The van der Waals surface area contributed by atoms with Crippen LogP contribution in [0.2, 0.25) is 0 Å². The van der Waals surface area contributed by atoms with Gasteiger partial charge < -0.3 is 9.32 Å². The Labute approximate surface area is 143 Å². The number of rotatable bonds is 4. The van der Waals surface area contributed by atoms with Crippen molar-refractivity contribution in [3.63, 3.8) is 0 Å². The maximum atomic E-state index is 12.5. The summed E-state index contributed by atoms with van der Waals surface area (Å²) >= 11 is 0. The molecule has 2 aromatic rings. The highest BCUT2D eigenvalue weighted by Crippen LogP contribution is 2.36. The largest absolute Gasteiger partial charge is 0.441 e. The molecule has 1 saturated heterocycles. The van der Waals surface area contributed by atoms with E-state index in [1.54, 1.807) is 0 Å². The van der Waals surface area contributed by atoms with Gasteiger partial charge in [-0.25, -0.2) is 4.98 Å². The molecule has 1 aliphatic carbocycles. The van der Waals surface area contributed by atoms with Gasteiger partial charge in [-0.05, 0) is 43.2 Å². The maximum absolute atomic E-state index is 12.5. The molecule has 1 aliphatic heterocycles. The van der Waals surface area contributed by atoms with Gasteiger partial charge in [-0.15, -0.1) is 0 Å². The Morgan fingerprint density at radius 1 is 1.17 bits per heavy atom. The summed E-state index contributed by atoms with van der Waals surface area (Å²) in [7, 11) is 0. The molecule has 1 amide bonds. The number of aryl methyl sites for hydroxylation is 1. The molecular formula is C20H26N2O2. The van der Waals surface area contributed by atoms with Crippen molar-refractivity contribution in [2.45, 2.75) is 51.4 Å². The topological polar surface area (TPSA) is 46.3 Å². The van der Waals surface area contributed by atoms with E-state index in [-0.39, 0.29) is 0 Å². The minimum atomic E-state index is 0.315. The molecule has 2 fully saturated rings. The predicted octanol–water partition coefficient (Wildman–Crippen LogP) is 4.19. The zero-order valence-corrected chi connectivity index (χ0v) is 14.2. The fraction of sp³-hybridized carbons (Fsp3) is 0.600. The average Bonchev–Trinajstić information content (AvgIpc) is 3.04. The molecule has 2 heterocycles. The first kappa shape index (κ1) is 15.7. The number of aromatic nitrogens is 1. The van der Waals surface area contributed by atoms with Crippen molar-refractivity contribution in [1.29, 1.82) is 0 Å². The first-order valence-corrected chi connectivity index (χ1v) is 9.42. The van der Waals surface area contributed by atoms with E-state index >= 15 is 0 Å². The molecule has 0 radical (unpaired) electrons. The van der Waals surface area contributed by atoms with Gasteiger partial charge in [-0.2, -0.15) is 0 Å². The quantitative estimate of drug-likeness (QED) is 0.846. The van der Waals surface area contributed by atoms with E-state index in [9.17, 15) is 4.79 Å². The van der Waals surface area contributed by atoms with Gasteiger partial charge in [-0.3, -0.25) is 4.79 Å². The SMILES string of the molecule is O=C(CCCc1nc2ccccc2o1)N1CC[C@@H]2CCCC[C@H]2C1. The number of oxazole rings is 1. The minimum absolute atomic E-state index is 0.315. The Hall–Kier alpha value is -1.84. The highest BCUT2D eigenvalue weighted by atomic mass is 16.3. The molecule has 2 aliphatic rings. The van der Waals surface area contributed by atoms with E-state index in [1.807, 2.05) is 24.3 Å². The van der Waals surface area contributed by atoms with Gasteiger partial charge >= 0.3 is 0 Å². The van der Waals surface area contributed by atoms with Crippen LogP contribution >= 0.6 is 0 Å². The van der Waals surface area contributed by atoms with Gasteiger partial charge in [0.15, 0.2) is 11.5 Å². The lowest BCUT2D eigenvalue weighted by Gasteiger charge is -2.41. The molecule has 1 aromatic carbocycles. The van der Waals surface area contributed by atoms with Crippen LogP contribution in [0.15, 0.2) is 28.7 Å². The van der Waals surface area contributed by atoms with Gasteiger partial charge in [0.05, 0.1) is 0 Å². The van der Waals surface area contributed by atoms with Crippen molar-refractivity contribution in [3.05, 3.63) is 30.2 Å². The van der Waals surface area contributed by atoms with E-state index in [1.165, 1.54) is 32.1 Å². The van der Waals surface area contributed by atoms with Gasteiger partial charge in [0.1, 0.15) is 5.52 Å². The molecule has 24 heavy (non-hydrogen) atoms. The minimum Gasteiger partial charge on any atom is -0.441 e. The van der Waals surface area contributed by atoms with Crippen molar-refractivity contribution >= 4 is 17.0 Å². The third-order valence-corrected chi connectivity index (χ3v) is 5.76. The lowest BCUT2D eigenvalue weighted by Crippen LogP contribution is -2.44. The number of para-hydroxylation sites is 2. The average molecular weight is 326 g/mol. The molecule has 1 saturated carbocycles. The smallest absolute Gasteiger partial charge is 0.222 e. The van der Waals surface area contributed by atoms with Crippen LogP contribution in [-0.4, -0.2) is 28.9 Å². The fourth-order valence-electron chi connectivity index (χ4n) is 4.40. The summed E-state index contributed by atoms with van der Waals surface area (Å²) < 4.78 is 5.73. The third-order valence-electron chi connectivity index (χ3n) is 5.76. The first-order valence-electron chi connectivity index (χ1n) is 9.42. The van der Waals surface area contributed by atoms with E-state index in [0.29, 0.717) is 12.3 Å². The Morgan fingerprint density at radius 2 is 2.00 bits per heavy atom. The second-order valence-corrected chi connectivity index (χ2v) is 7.36. The molecule has 128 valence electrons. The van der Waals surface area contributed by atoms with Gasteiger partial charge in [-0.1, -0.05) is 31.4 Å². The van der Waals surface area contributed by atoms with Crippen LogP contribution in [0.3, 0.4) is 0 Å². The second kappa shape index (κ2) is 6.96. The number of carbonyl (C=O) groups is 1. The van der Waals surface area contributed by atoms with Crippen LogP contribution in [0.5, 0.6) is 0 Å². The number of benzene rings is 1. The van der Waals surface area contributed by atoms with Crippen LogP contribution in [0.25, 0.3) is 11.1 Å². The van der Waals surface area contributed by atoms with Crippen LogP contribution in [-0.2, 0) is 11.2 Å². The highest BCUT2D eigenvalue weighted by Gasteiger charge is 2.32. The van der Waals surface area contributed by atoms with E-state index in [0.717, 1.165) is 54.8 Å². The van der Waals surface area contributed by atoms with Crippen molar-refractivity contribution in [2.24, 2.45) is 11.8 Å². The Balaban J connectivity index is 1.27. The maximum Gasteiger partial charge on any atom is 0.222 e. The number of fused-ring (bicyclic) bond motifs is 2. The number of carbonyl (C=O) groups excluding carboxylic acids is 1. The Kier molecular flexibility index (Phi) is 4.54. The molecular weight excluding hydrogens is 300 g/mol. The van der Waals surface area contributed by atoms with Crippen LogP contribution in [0.1, 0.15) is 50.8 Å². The lowest BCUT2D eigenvalue weighted by molar-refractivity contribution is -0.134. The van der Waals surface area contributed by atoms with Crippen molar-refractivity contribution in [3.8, 4) is 0 Å². The standard InChI is InChI=1S/C20H26N2O2/c23-20(22-13-12-15-6-1-2-7-16(15)14-22)11-5-10-19-21-17-8-3-4-9-18(17)24-19/h3-4,8-9,15-16H,1-2,5-7,10-14H2/t15-,16-/m0/s1. The molecule has 4 nitrogen and oxygen atoms in total. The number of likely N-dealkylation sites (tertiary alicyclic amines) is 1. The van der Waals surface area contributed by atoms with Crippen LogP contribution in [0, 0.1) is 11.8 Å². The molecule has 4 heteroatoms. The Morgan fingerprint density at radius 3 is 2.88 bits per heavy atom. The Bertz CT molecular complexity index is 675. The summed E-state index contributed by atoms with van der Waals surface area (Å²) in [5.74, 6) is 2.70. The van der Waals surface area contributed by atoms with E-state index in [4.69, 9.17) is 4.42 Å². The second-order valence-electron chi connectivity index (χ2n) is 7.36. The highest BCUT2D eigenvalue weighted by molar-refractivity contribution is 5.76. The van der Waals surface area contributed by atoms with Gasteiger partial charge in [0.2, 0.25) is 5.91 Å². The molecule has 2 atom stereocenters. The fourth-order valence-corrected chi connectivity index (χ4v) is 4.40. The number of hydrogen-bond donors (Lipinski definition) is 0. The van der Waals surface area contributed by atoms with Crippen LogP contribution < -0.4 is 0 Å². The summed E-state index contributed by atoms with van der Waals surface area (Å²) in [6.45, 7) is 1.95. The zero-order chi connectivity index (χ0) is 16.4. The van der Waals surface area contributed by atoms with E-state index < -0.39 is 0 Å². The zero-order valence-electron chi connectivity index (χ0n) is 14.2. The lowest BCUT2D eigenvalue weighted by atomic mass is 9.75. The van der Waals surface area contributed by atoms with Crippen molar-refractivity contribution < 1.29 is 9.21 Å². The van der Waals surface area contributed by atoms with E-state index in [2.05, 4.69) is 9.88 Å². The molecule has 0 spiro atoms. The van der Waals surface area contributed by atoms with Crippen molar-refractivity contribution in [2.75, 3.05) is 13.1 Å². The molecule has 1 aromatic heterocycles. The van der Waals surface area contributed by atoms with Crippen LogP contribution in [0.4, 0.5) is 0 Å². The normalized spacial score (nSPS) is 24.1. The number of nitrogens with zero attached hydrogens (tertiary/aromatic N) is 2. The first-order chi connectivity index (χ1) is 11.8. The number of hydrogen-bond acceptors (Lipinski definition) is 3. The summed E-state index contributed by atoms with van der Waals surface area (Å²) in [6.07, 6.45) is 8.80. The summed E-state index contributed by atoms with van der Waals surface area (Å²) in [6, 6.07) is 7.82. The number of piperidine rings is 1. The third kappa shape index (κ3) is 3.33. The summed E-state index contributed by atoms with van der Waals surface area (Å²) in [5, 5.41) is 0. The molecule has 4 rings (SSSR count). The predicted molar refractivity (Wildman–Crippen MR) is 93.6 cm³/mol. The number of amides is 1. The molecule has 0 bridgehead atoms. The summed E-state index contributed by atoms with van der Waals surface area (Å²) in [4.78, 5) is 19.1. The van der Waals surface area contributed by atoms with Gasteiger partial charge in [0, 0.05) is 25.9 Å². The summed E-state index contributed by atoms with van der Waals surface area (Å²) in [5.41, 5.74) is 1.73. The molecule has 0 N–H and O–H groups in total. The van der Waals surface area contributed by atoms with Crippen molar-refractivity contribution in [1.82, 2.24) is 9.88 Å². The molecule has 0 unspecified atom stereocenters.